The van der Waals surface area contributed by atoms with Crippen LogP contribution in [0.25, 0.3) is 11.1 Å². The first-order valence-electron chi connectivity index (χ1n) is 4.85. The maximum Gasteiger partial charge on any atom is 0.419 e. The van der Waals surface area contributed by atoms with Gasteiger partial charge in [0.25, 0.3) is 0 Å². The monoisotopic (exact) mass is 205 g/mol. The van der Waals surface area contributed by atoms with Crippen molar-refractivity contribution in [2.45, 2.75) is 19.9 Å². The molecule has 0 saturated heterocycles. The molecule has 78 valence electrons. The Hall–Kier alpha value is -1.84. The Bertz CT molecular complexity index is 550. The van der Waals surface area contributed by atoms with Crippen molar-refractivity contribution in [1.29, 1.82) is 0 Å². The predicted molar refractivity (Wildman–Crippen MR) is 56.2 cm³/mol. The van der Waals surface area contributed by atoms with Gasteiger partial charge in [-0.05, 0) is 24.6 Å². The highest BCUT2D eigenvalue weighted by atomic mass is 16.4. The molecular formula is C11H11NO3. The van der Waals surface area contributed by atoms with Crippen molar-refractivity contribution in [2.24, 2.45) is 0 Å². The molecule has 4 nitrogen and oxygen atoms in total. The Morgan fingerprint density at radius 2 is 2.27 bits per heavy atom. The Morgan fingerprint density at radius 1 is 1.47 bits per heavy atom. The molecule has 0 amide bonds. The summed E-state index contributed by atoms with van der Waals surface area (Å²) in [5, 5.41) is 0. The number of oxazole rings is 1. The second kappa shape index (κ2) is 3.73. The summed E-state index contributed by atoms with van der Waals surface area (Å²) in [6.07, 6.45) is 1.60. The number of carbonyl (C=O) groups excluding carboxylic acids is 1. The van der Waals surface area contributed by atoms with Crippen LogP contribution in [0.3, 0.4) is 0 Å². The third-order valence-electron chi connectivity index (χ3n) is 2.28. The SMILES string of the molecule is CCCn1c(=O)oc2cc(C=O)ccc21. The zero-order chi connectivity index (χ0) is 10.8. The first-order chi connectivity index (χ1) is 7.26. The van der Waals surface area contributed by atoms with Crippen LogP contribution in [0.1, 0.15) is 23.7 Å². The topological polar surface area (TPSA) is 52.2 Å². The van der Waals surface area contributed by atoms with Gasteiger partial charge in [0, 0.05) is 12.1 Å². The Balaban J connectivity index is 2.68. The molecule has 0 radical (unpaired) electrons. The lowest BCUT2D eigenvalue weighted by Crippen LogP contribution is -2.13. The quantitative estimate of drug-likeness (QED) is 0.718. The minimum absolute atomic E-state index is 0.366. The number of aryl methyl sites for hydroxylation is 1. The van der Waals surface area contributed by atoms with Gasteiger partial charge in [-0.1, -0.05) is 6.92 Å². The molecule has 1 aromatic heterocycles. The molecule has 0 atom stereocenters. The summed E-state index contributed by atoms with van der Waals surface area (Å²) in [6, 6.07) is 4.99. The second-order valence-corrected chi connectivity index (χ2v) is 3.36. The minimum Gasteiger partial charge on any atom is -0.408 e. The number of hydrogen-bond acceptors (Lipinski definition) is 3. The molecule has 0 saturated carbocycles. The highest BCUT2D eigenvalue weighted by Crippen LogP contribution is 2.14. The van der Waals surface area contributed by atoms with Crippen molar-refractivity contribution in [2.75, 3.05) is 0 Å². The molecule has 1 aromatic carbocycles. The summed E-state index contributed by atoms with van der Waals surface area (Å²) < 4.78 is 6.62. The number of hydrogen-bond donors (Lipinski definition) is 0. The molecule has 0 unspecified atom stereocenters. The van der Waals surface area contributed by atoms with E-state index in [1.54, 1.807) is 22.8 Å². The van der Waals surface area contributed by atoms with Crippen LogP contribution in [0.4, 0.5) is 0 Å². The van der Waals surface area contributed by atoms with Crippen LogP contribution in [0.5, 0.6) is 0 Å². The number of fused-ring (bicyclic) bond motifs is 1. The first-order valence-corrected chi connectivity index (χ1v) is 4.85. The van der Waals surface area contributed by atoms with Crippen LogP contribution in [-0.2, 0) is 6.54 Å². The molecule has 0 aliphatic carbocycles. The average Bonchev–Trinajstić information content (AvgIpc) is 2.55. The van der Waals surface area contributed by atoms with Crippen LogP contribution in [0.15, 0.2) is 27.4 Å². The van der Waals surface area contributed by atoms with Gasteiger partial charge >= 0.3 is 5.76 Å². The zero-order valence-corrected chi connectivity index (χ0v) is 8.40. The molecule has 1 heterocycles. The van der Waals surface area contributed by atoms with Crippen molar-refractivity contribution in [3.05, 3.63) is 34.3 Å². The van der Waals surface area contributed by atoms with E-state index in [1.165, 1.54) is 0 Å². The molecule has 4 heteroatoms. The highest BCUT2D eigenvalue weighted by molar-refractivity contribution is 5.83. The molecule has 0 bridgehead atoms. The zero-order valence-electron chi connectivity index (χ0n) is 8.40. The van der Waals surface area contributed by atoms with E-state index in [1.807, 2.05) is 6.92 Å². The fraction of sp³-hybridized carbons (Fsp3) is 0.273. The predicted octanol–water partition coefficient (Wildman–Crippen LogP) is 1.82. The van der Waals surface area contributed by atoms with Gasteiger partial charge < -0.3 is 4.42 Å². The molecule has 15 heavy (non-hydrogen) atoms. The van der Waals surface area contributed by atoms with Crippen LogP contribution < -0.4 is 5.76 Å². The molecule has 0 N–H and O–H groups in total. The van der Waals surface area contributed by atoms with Gasteiger partial charge in [0.2, 0.25) is 0 Å². The van der Waals surface area contributed by atoms with Crippen LogP contribution in [0, 0.1) is 0 Å². The molecule has 0 aliphatic heterocycles. The minimum atomic E-state index is -0.366. The molecule has 2 aromatic rings. The van der Waals surface area contributed by atoms with Crippen molar-refractivity contribution >= 4 is 17.4 Å². The standard InChI is InChI=1S/C11H11NO3/c1-2-5-12-9-4-3-8(7-13)6-10(9)15-11(12)14/h3-4,6-7H,2,5H2,1H3. The lowest BCUT2D eigenvalue weighted by Gasteiger charge is -1.97. The normalized spacial score (nSPS) is 10.7. The highest BCUT2D eigenvalue weighted by Gasteiger charge is 2.08. The van der Waals surface area contributed by atoms with Crippen molar-refractivity contribution < 1.29 is 9.21 Å². The smallest absolute Gasteiger partial charge is 0.408 e. The maximum atomic E-state index is 11.4. The number of carbonyl (C=O) groups is 1. The Labute approximate surface area is 86.1 Å². The van der Waals surface area contributed by atoms with Gasteiger partial charge in [-0.25, -0.2) is 4.79 Å². The number of nitrogens with zero attached hydrogens (tertiary/aromatic N) is 1. The van der Waals surface area contributed by atoms with E-state index in [9.17, 15) is 9.59 Å². The van der Waals surface area contributed by atoms with E-state index in [0.717, 1.165) is 18.2 Å². The average molecular weight is 205 g/mol. The summed E-state index contributed by atoms with van der Waals surface area (Å²) in [4.78, 5) is 22.0. The largest absolute Gasteiger partial charge is 0.419 e. The first kappa shape index (κ1) is 9.71. The summed E-state index contributed by atoms with van der Waals surface area (Å²) in [5.41, 5.74) is 1.73. The van der Waals surface area contributed by atoms with Gasteiger partial charge in [0.05, 0.1) is 5.52 Å². The lowest BCUT2D eigenvalue weighted by atomic mass is 10.2. The van der Waals surface area contributed by atoms with Crippen molar-refractivity contribution in [3.8, 4) is 0 Å². The van der Waals surface area contributed by atoms with Crippen LogP contribution in [0.2, 0.25) is 0 Å². The van der Waals surface area contributed by atoms with Gasteiger partial charge in [-0.3, -0.25) is 9.36 Å². The van der Waals surface area contributed by atoms with Crippen molar-refractivity contribution in [3.63, 3.8) is 0 Å². The van der Waals surface area contributed by atoms with Gasteiger partial charge in [0.15, 0.2) is 5.58 Å². The molecule has 0 spiro atoms. The van der Waals surface area contributed by atoms with Crippen LogP contribution >= 0.6 is 0 Å². The number of rotatable bonds is 3. The van der Waals surface area contributed by atoms with Gasteiger partial charge in [-0.2, -0.15) is 0 Å². The molecule has 0 fully saturated rings. The van der Waals surface area contributed by atoms with E-state index in [2.05, 4.69) is 0 Å². The summed E-state index contributed by atoms with van der Waals surface area (Å²) >= 11 is 0. The van der Waals surface area contributed by atoms with E-state index in [0.29, 0.717) is 17.7 Å². The van der Waals surface area contributed by atoms with Gasteiger partial charge in [-0.15, -0.1) is 0 Å². The fourth-order valence-electron chi connectivity index (χ4n) is 1.59. The lowest BCUT2D eigenvalue weighted by molar-refractivity contribution is 0.112. The van der Waals surface area contributed by atoms with Gasteiger partial charge in [0.1, 0.15) is 6.29 Å². The summed E-state index contributed by atoms with van der Waals surface area (Å²) in [5.74, 6) is -0.366. The third-order valence-corrected chi connectivity index (χ3v) is 2.28. The molecular weight excluding hydrogens is 194 g/mol. The van der Waals surface area contributed by atoms with E-state index in [-0.39, 0.29) is 5.76 Å². The number of aldehydes is 1. The molecule has 2 rings (SSSR count). The Kier molecular flexibility index (Phi) is 2.41. The van der Waals surface area contributed by atoms with E-state index in [4.69, 9.17) is 4.42 Å². The summed E-state index contributed by atoms with van der Waals surface area (Å²) in [7, 11) is 0. The third kappa shape index (κ3) is 1.58. The fourth-order valence-corrected chi connectivity index (χ4v) is 1.59. The number of aromatic nitrogens is 1. The molecule has 0 aliphatic rings. The second-order valence-electron chi connectivity index (χ2n) is 3.36. The van der Waals surface area contributed by atoms with Crippen LogP contribution in [-0.4, -0.2) is 10.9 Å². The maximum absolute atomic E-state index is 11.4. The number of benzene rings is 1. The Morgan fingerprint density at radius 3 is 2.93 bits per heavy atom. The summed E-state index contributed by atoms with van der Waals surface area (Å²) in [6.45, 7) is 2.62. The van der Waals surface area contributed by atoms with E-state index < -0.39 is 0 Å². The van der Waals surface area contributed by atoms with Crippen molar-refractivity contribution in [1.82, 2.24) is 4.57 Å². The van der Waals surface area contributed by atoms with E-state index >= 15 is 0 Å².